The number of rotatable bonds is 6. The summed E-state index contributed by atoms with van der Waals surface area (Å²) in [6, 6.07) is 9.50. The first kappa shape index (κ1) is 16.9. The molecule has 0 spiro atoms. The summed E-state index contributed by atoms with van der Waals surface area (Å²) in [7, 11) is -3.38. The number of aromatic nitrogens is 1. The Balaban J connectivity index is 2.17. The molecule has 3 rings (SSSR count). The third kappa shape index (κ3) is 4.89. The number of aryl methyl sites for hydroxylation is 1. The van der Waals surface area contributed by atoms with E-state index in [9.17, 15) is 22.0 Å². The topological polar surface area (TPSA) is 65.4 Å². The second-order valence-electron chi connectivity index (χ2n) is 6.31. The molecule has 0 unspecified atom stereocenters. The minimum atomic E-state index is -3.38. The first-order chi connectivity index (χ1) is 14.9. The number of ether oxygens (including phenoxy) is 1. The van der Waals surface area contributed by atoms with Gasteiger partial charge in [-0.25, -0.2) is 17.2 Å². The Hall–Kier alpha value is -3.00. The van der Waals surface area contributed by atoms with Gasteiger partial charge in [0.05, 0.1) is 5.75 Å². The van der Waals surface area contributed by atoms with Crippen molar-refractivity contribution in [2.75, 3.05) is 5.75 Å². The van der Waals surface area contributed by atoms with E-state index in [0.29, 0.717) is 16.2 Å². The van der Waals surface area contributed by atoms with Crippen LogP contribution in [0.25, 0.3) is 11.1 Å². The lowest BCUT2D eigenvalue weighted by molar-refractivity contribution is 0.439. The van der Waals surface area contributed by atoms with E-state index < -0.39 is 34.0 Å². The highest BCUT2D eigenvalue weighted by molar-refractivity contribution is 7.90. The first-order valence-electron chi connectivity index (χ1n) is 10.1. The molecule has 5 nitrogen and oxygen atoms in total. The van der Waals surface area contributed by atoms with Crippen molar-refractivity contribution in [1.29, 1.82) is 0 Å². The highest BCUT2D eigenvalue weighted by Crippen LogP contribution is 2.35. The molecule has 0 amide bonds. The molecule has 0 aliphatic heterocycles. The fourth-order valence-corrected chi connectivity index (χ4v) is 3.55. The third-order valence-corrected chi connectivity index (χ3v) is 5.86. The van der Waals surface area contributed by atoms with E-state index in [1.54, 1.807) is 0 Å². The minimum Gasteiger partial charge on any atom is -0.454 e. The number of halogens is 2. The molecule has 0 radical (unpaired) electrons. The van der Waals surface area contributed by atoms with Crippen LogP contribution in [-0.2, 0) is 22.6 Å². The van der Waals surface area contributed by atoms with Crippen LogP contribution in [0.2, 0.25) is 0 Å². The van der Waals surface area contributed by atoms with Gasteiger partial charge in [-0.05, 0) is 35.9 Å². The Morgan fingerprint density at radius 3 is 2.52 bits per heavy atom. The Bertz CT molecular complexity index is 1320. The summed E-state index contributed by atoms with van der Waals surface area (Å²) in [5.74, 6) is -2.33. The molecular weight excluding hydrogens is 400 g/mol. The van der Waals surface area contributed by atoms with E-state index in [1.807, 2.05) is 0 Å². The molecule has 3 aromatic rings. The minimum absolute atomic E-state index is 0.0592. The zero-order valence-electron chi connectivity index (χ0n) is 18.4. The highest BCUT2D eigenvalue weighted by Gasteiger charge is 2.15. The van der Waals surface area contributed by atoms with Crippen molar-refractivity contribution in [1.82, 2.24) is 4.57 Å². The maximum Gasteiger partial charge on any atom is 0.250 e. The second kappa shape index (κ2) is 8.16. The predicted octanol–water partition coefficient (Wildman–Crippen LogP) is 4.06. The lowest BCUT2D eigenvalue weighted by atomic mass is 10.0. The van der Waals surface area contributed by atoms with Gasteiger partial charge in [0.1, 0.15) is 11.6 Å². The van der Waals surface area contributed by atoms with Gasteiger partial charge >= 0.3 is 0 Å². The van der Waals surface area contributed by atoms with Crippen LogP contribution >= 0.6 is 0 Å². The van der Waals surface area contributed by atoms with Gasteiger partial charge in [-0.15, -0.1) is 0 Å². The molecule has 152 valence electrons. The van der Waals surface area contributed by atoms with Crippen molar-refractivity contribution in [3.05, 3.63) is 82.3 Å². The van der Waals surface area contributed by atoms with E-state index >= 15 is 0 Å². The molecule has 2 aromatic carbocycles. The molecule has 0 saturated carbocycles. The van der Waals surface area contributed by atoms with Crippen molar-refractivity contribution in [3.8, 4) is 22.6 Å². The van der Waals surface area contributed by atoms with Crippen LogP contribution < -0.4 is 10.3 Å². The van der Waals surface area contributed by atoms with E-state index in [0.717, 1.165) is 24.4 Å². The highest BCUT2D eigenvalue weighted by atomic mass is 32.2. The number of hydrogen-bond acceptors (Lipinski definition) is 4. The molecule has 0 aliphatic rings. The number of benzene rings is 2. The van der Waals surface area contributed by atoms with E-state index in [4.69, 9.17) is 8.85 Å². The largest absolute Gasteiger partial charge is 0.454 e. The van der Waals surface area contributed by atoms with Gasteiger partial charge in [0.2, 0.25) is 5.56 Å². The van der Waals surface area contributed by atoms with Gasteiger partial charge in [-0.3, -0.25) is 4.79 Å². The Morgan fingerprint density at radius 2 is 1.83 bits per heavy atom. The molecule has 29 heavy (non-hydrogen) atoms. The molecule has 8 heteroatoms. The quantitative estimate of drug-likeness (QED) is 0.601. The summed E-state index contributed by atoms with van der Waals surface area (Å²) >= 11 is 0. The maximum atomic E-state index is 14.1. The lowest BCUT2D eigenvalue weighted by Crippen LogP contribution is -2.14. The van der Waals surface area contributed by atoms with Crippen LogP contribution in [0.5, 0.6) is 11.5 Å². The first-order valence-corrected chi connectivity index (χ1v) is 10.4. The standard InChI is InChI=1S/C21H19F2NO4S/c1-3-29(26,27)13-14-4-7-19(28-20-8-6-16(22)11-18(20)23)17(10-14)15-5-9-21(25)24(2)12-15/h4-12H,3,13H2,1-2H3/i2D3. The summed E-state index contributed by atoms with van der Waals surface area (Å²) in [5, 5.41) is 0. The third-order valence-electron chi connectivity index (χ3n) is 4.21. The predicted molar refractivity (Wildman–Crippen MR) is 107 cm³/mol. The molecular formula is C21H19F2NO4S. The number of pyridine rings is 1. The van der Waals surface area contributed by atoms with Gasteiger partial charge in [0.25, 0.3) is 0 Å². The van der Waals surface area contributed by atoms with Crippen LogP contribution in [0, 0.1) is 11.6 Å². The van der Waals surface area contributed by atoms with Crippen molar-refractivity contribution in [3.63, 3.8) is 0 Å². The average Bonchev–Trinajstić information content (AvgIpc) is 2.70. The summed E-state index contributed by atoms with van der Waals surface area (Å²) in [5.41, 5.74) is 0.0930. The normalized spacial score (nSPS) is 13.4. The van der Waals surface area contributed by atoms with Crippen LogP contribution in [0.1, 0.15) is 16.6 Å². The zero-order valence-corrected chi connectivity index (χ0v) is 16.2. The van der Waals surface area contributed by atoms with E-state index in [1.165, 1.54) is 31.2 Å². The Morgan fingerprint density at radius 1 is 1.07 bits per heavy atom. The summed E-state index contributed by atoms with van der Waals surface area (Å²) in [6.07, 6.45) is 1.09. The van der Waals surface area contributed by atoms with Gasteiger partial charge in [-0.2, -0.15) is 0 Å². The number of hydrogen-bond donors (Lipinski definition) is 0. The smallest absolute Gasteiger partial charge is 0.250 e. The molecule has 0 bridgehead atoms. The van der Waals surface area contributed by atoms with Crippen LogP contribution in [0.4, 0.5) is 8.78 Å². The molecule has 1 heterocycles. The Kier molecular flexibility index (Phi) is 4.76. The summed E-state index contributed by atoms with van der Waals surface area (Å²) in [4.78, 5) is 12.0. The van der Waals surface area contributed by atoms with Gasteiger partial charge < -0.3 is 9.30 Å². The van der Waals surface area contributed by atoms with Crippen LogP contribution in [-0.4, -0.2) is 18.7 Å². The van der Waals surface area contributed by atoms with Crippen molar-refractivity contribution in [2.45, 2.75) is 12.7 Å². The summed E-state index contributed by atoms with van der Waals surface area (Å²) in [6.45, 7) is -1.24. The fourth-order valence-electron chi connectivity index (χ4n) is 2.66. The number of sulfone groups is 1. The lowest BCUT2D eigenvalue weighted by Gasteiger charge is -2.14. The number of nitrogens with zero attached hydrogens (tertiary/aromatic N) is 1. The van der Waals surface area contributed by atoms with Gasteiger partial charge in [-0.1, -0.05) is 13.0 Å². The monoisotopic (exact) mass is 422 g/mol. The van der Waals surface area contributed by atoms with Crippen LogP contribution in [0.3, 0.4) is 0 Å². The second-order valence-corrected chi connectivity index (χ2v) is 8.66. The van der Waals surface area contributed by atoms with Gasteiger partial charge in [0, 0.05) is 46.3 Å². The molecule has 0 fully saturated rings. The average molecular weight is 422 g/mol. The molecule has 1 aromatic heterocycles. The van der Waals surface area contributed by atoms with Crippen LogP contribution in [0.15, 0.2) is 59.5 Å². The maximum absolute atomic E-state index is 14.1. The van der Waals surface area contributed by atoms with Gasteiger partial charge in [0.15, 0.2) is 21.4 Å². The summed E-state index contributed by atoms with van der Waals surface area (Å²) < 4.78 is 80.3. The van der Waals surface area contributed by atoms with E-state index in [-0.39, 0.29) is 34.1 Å². The Labute approximate surface area is 171 Å². The van der Waals surface area contributed by atoms with Crippen molar-refractivity contribution >= 4 is 9.84 Å². The van der Waals surface area contributed by atoms with E-state index in [2.05, 4.69) is 0 Å². The zero-order chi connectivity index (χ0) is 23.7. The molecule has 0 atom stereocenters. The fraction of sp³-hybridized carbons (Fsp3) is 0.190. The molecule has 0 saturated heterocycles. The molecule has 0 N–H and O–H groups in total. The molecule has 0 aliphatic carbocycles. The van der Waals surface area contributed by atoms with Crippen molar-refractivity contribution in [2.24, 2.45) is 6.98 Å². The SMILES string of the molecule is [2H]C([2H])([2H])n1cc(-c2cc(CS(=O)(=O)CC)ccc2Oc2ccc(F)cc2F)ccc1=O. The van der Waals surface area contributed by atoms with Crippen molar-refractivity contribution < 1.29 is 26.0 Å².